The van der Waals surface area contributed by atoms with Crippen LogP contribution in [-0.2, 0) is 10.0 Å². The first-order valence-electron chi connectivity index (χ1n) is 5.56. The lowest BCUT2D eigenvalue weighted by atomic mass is 10.4. The molecule has 4 nitrogen and oxygen atoms in total. The fraction of sp³-hybridized carbons (Fsp3) is 0.455. The molecule has 102 valence electrons. The van der Waals surface area contributed by atoms with E-state index in [2.05, 4.69) is 20.7 Å². The third kappa shape index (κ3) is 4.85. The van der Waals surface area contributed by atoms with Gasteiger partial charge in [-0.15, -0.1) is 0 Å². The van der Waals surface area contributed by atoms with E-state index in [1.54, 1.807) is 12.1 Å². The summed E-state index contributed by atoms with van der Waals surface area (Å²) in [5.41, 5.74) is 0. The van der Waals surface area contributed by atoms with Crippen LogP contribution in [0, 0.1) is 0 Å². The lowest BCUT2D eigenvalue weighted by Crippen LogP contribution is -3.05. The van der Waals surface area contributed by atoms with Crippen LogP contribution in [0.1, 0.15) is 6.42 Å². The zero-order valence-electron chi connectivity index (χ0n) is 10.3. The van der Waals surface area contributed by atoms with Crippen molar-refractivity contribution < 1.29 is 13.3 Å². The molecule has 0 saturated carbocycles. The van der Waals surface area contributed by atoms with Crippen LogP contribution in [0.15, 0.2) is 27.6 Å². The van der Waals surface area contributed by atoms with E-state index in [1.807, 2.05) is 14.1 Å². The van der Waals surface area contributed by atoms with Crippen LogP contribution in [0.5, 0.6) is 0 Å². The third-order valence-electron chi connectivity index (χ3n) is 2.33. The Labute approximate surface area is 121 Å². The standard InChI is InChI=1S/C11H16BrClN2O2S/c1-15(2)7-3-6-14-18(16,17)11-5-4-9(12)8-10(11)13/h4-5,8,14H,3,6-7H2,1-2H3/p+1. The van der Waals surface area contributed by atoms with Gasteiger partial charge < -0.3 is 4.90 Å². The van der Waals surface area contributed by atoms with E-state index in [0.29, 0.717) is 6.54 Å². The Hall–Kier alpha value is -0.140. The Bertz CT molecular complexity index is 506. The Balaban J connectivity index is 2.69. The maximum absolute atomic E-state index is 12.0. The molecule has 1 aromatic carbocycles. The van der Waals surface area contributed by atoms with E-state index in [4.69, 9.17) is 11.6 Å². The minimum absolute atomic E-state index is 0.115. The maximum Gasteiger partial charge on any atom is 0.242 e. The van der Waals surface area contributed by atoms with Gasteiger partial charge in [0, 0.05) is 17.4 Å². The predicted octanol–water partition coefficient (Wildman–Crippen LogP) is 0.915. The fourth-order valence-electron chi connectivity index (χ4n) is 1.42. The zero-order chi connectivity index (χ0) is 13.8. The first-order valence-corrected chi connectivity index (χ1v) is 8.22. The lowest BCUT2D eigenvalue weighted by molar-refractivity contribution is -0.858. The number of quaternary nitrogens is 1. The van der Waals surface area contributed by atoms with Crippen LogP contribution in [0.2, 0.25) is 5.02 Å². The van der Waals surface area contributed by atoms with Crippen LogP contribution in [-0.4, -0.2) is 35.6 Å². The van der Waals surface area contributed by atoms with Crippen molar-refractivity contribution in [2.45, 2.75) is 11.3 Å². The summed E-state index contributed by atoms with van der Waals surface area (Å²) in [6.45, 7) is 1.33. The molecule has 0 unspecified atom stereocenters. The van der Waals surface area contributed by atoms with Gasteiger partial charge in [0.25, 0.3) is 0 Å². The molecule has 0 fully saturated rings. The van der Waals surface area contributed by atoms with Gasteiger partial charge in [0.05, 0.1) is 25.7 Å². The van der Waals surface area contributed by atoms with E-state index in [9.17, 15) is 8.42 Å². The second kappa shape index (κ2) is 6.86. The van der Waals surface area contributed by atoms with Crippen molar-refractivity contribution in [2.24, 2.45) is 0 Å². The van der Waals surface area contributed by atoms with E-state index >= 15 is 0 Å². The van der Waals surface area contributed by atoms with Crippen molar-refractivity contribution in [1.29, 1.82) is 0 Å². The summed E-state index contributed by atoms with van der Waals surface area (Å²) < 4.78 is 27.3. The van der Waals surface area contributed by atoms with E-state index in [1.165, 1.54) is 11.0 Å². The quantitative estimate of drug-likeness (QED) is 0.745. The van der Waals surface area contributed by atoms with Crippen LogP contribution >= 0.6 is 27.5 Å². The molecule has 0 heterocycles. The molecular weight excluding hydrogens is 340 g/mol. The molecular formula is C11H17BrClN2O2S+. The minimum atomic E-state index is -3.52. The molecule has 0 aliphatic carbocycles. The number of hydrogen-bond acceptors (Lipinski definition) is 2. The minimum Gasteiger partial charge on any atom is -0.340 e. The van der Waals surface area contributed by atoms with Gasteiger partial charge in [0.15, 0.2) is 0 Å². The van der Waals surface area contributed by atoms with Crippen molar-refractivity contribution in [3.63, 3.8) is 0 Å². The molecule has 0 bridgehead atoms. The molecule has 0 amide bonds. The van der Waals surface area contributed by atoms with Crippen molar-refractivity contribution >= 4 is 37.6 Å². The number of nitrogens with one attached hydrogen (secondary N) is 2. The SMILES string of the molecule is C[NH+](C)CCCNS(=O)(=O)c1ccc(Br)cc1Cl. The van der Waals surface area contributed by atoms with E-state index in [0.717, 1.165) is 17.4 Å². The normalized spacial score (nSPS) is 12.1. The second-order valence-electron chi connectivity index (χ2n) is 4.28. The Morgan fingerprint density at radius 1 is 1.39 bits per heavy atom. The van der Waals surface area contributed by atoms with Crippen LogP contribution < -0.4 is 9.62 Å². The molecule has 0 aliphatic rings. The third-order valence-corrected chi connectivity index (χ3v) is 4.77. The summed E-state index contributed by atoms with van der Waals surface area (Å²) in [4.78, 5) is 1.40. The fourth-order valence-corrected chi connectivity index (χ4v) is 3.53. The number of halogens is 2. The number of sulfonamides is 1. The molecule has 18 heavy (non-hydrogen) atoms. The smallest absolute Gasteiger partial charge is 0.242 e. The highest BCUT2D eigenvalue weighted by Crippen LogP contribution is 2.24. The molecule has 0 atom stereocenters. The van der Waals surface area contributed by atoms with Gasteiger partial charge >= 0.3 is 0 Å². The van der Waals surface area contributed by atoms with Gasteiger partial charge in [-0.2, -0.15) is 0 Å². The van der Waals surface area contributed by atoms with Crippen molar-refractivity contribution in [3.05, 3.63) is 27.7 Å². The van der Waals surface area contributed by atoms with Gasteiger partial charge in [0.2, 0.25) is 10.0 Å². The summed E-state index contributed by atoms with van der Waals surface area (Å²) in [7, 11) is 0.538. The summed E-state index contributed by atoms with van der Waals surface area (Å²) in [6, 6.07) is 4.72. The second-order valence-corrected chi connectivity index (χ2v) is 7.34. The first-order chi connectivity index (χ1) is 8.33. The maximum atomic E-state index is 12.0. The molecule has 1 aromatic rings. The zero-order valence-corrected chi connectivity index (χ0v) is 13.5. The largest absolute Gasteiger partial charge is 0.340 e. The summed E-state index contributed by atoms with van der Waals surface area (Å²) in [6.07, 6.45) is 0.787. The highest BCUT2D eigenvalue weighted by Gasteiger charge is 2.17. The first kappa shape index (κ1) is 15.9. The van der Waals surface area contributed by atoms with Gasteiger partial charge in [-0.3, -0.25) is 0 Å². The topological polar surface area (TPSA) is 50.6 Å². The molecule has 0 saturated heterocycles. The van der Waals surface area contributed by atoms with Crippen molar-refractivity contribution in [2.75, 3.05) is 27.2 Å². The number of hydrogen-bond donors (Lipinski definition) is 2. The molecule has 0 aliphatic heterocycles. The average molecular weight is 357 g/mol. The molecule has 0 spiro atoms. The highest BCUT2D eigenvalue weighted by atomic mass is 79.9. The molecule has 2 N–H and O–H groups in total. The lowest BCUT2D eigenvalue weighted by Gasteiger charge is -2.10. The Kier molecular flexibility index (Phi) is 6.07. The van der Waals surface area contributed by atoms with Crippen LogP contribution in [0.25, 0.3) is 0 Å². The molecule has 0 radical (unpaired) electrons. The highest BCUT2D eigenvalue weighted by molar-refractivity contribution is 9.10. The van der Waals surface area contributed by atoms with E-state index < -0.39 is 10.0 Å². The van der Waals surface area contributed by atoms with Gasteiger partial charge in [-0.25, -0.2) is 13.1 Å². The summed E-state index contributed by atoms with van der Waals surface area (Å²) in [5, 5.41) is 0.218. The van der Waals surface area contributed by atoms with Crippen molar-refractivity contribution in [1.82, 2.24) is 4.72 Å². The molecule has 7 heteroatoms. The summed E-state index contributed by atoms with van der Waals surface area (Å²) >= 11 is 9.16. The number of benzene rings is 1. The Morgan fingerprint density at radius 2 is 2.06 bits per heavy atom. The van der Waals surface area contributed by atoms with Gasteiger partial charge in [0.1, 0.15) is 4.90 Å². The molecule has 0 aromatic heterocycles. The van der Waals surface area contributed by atoms with E-state index in [-0.39, 0.29) is 9.92 Å². The van der Waals surface area contributed by atoms with Gasteiger partial charge in [-0.1, -0.05) is 27.5 Å². The van der Waals surface area contributed by atoms with Crippen LogP contribution in [0.4, 0.5) is 0 Å². The van der Waals surface area contributed by atoms with Gasteiger partial charge in [-0.05, 0) is 18.2 Å². The monoisotopic (exact) mass is 355 g/mol. The Morgan fingerprint density at radius 3 is 2.61 bits per heavy atom. The molecule has 1 rings (SSSR count). The van der Waals surface area contributed by atoms with Crippen LogP contribution in [0.3, 0.4) is 0 Å². The predicted molar refractivity (Wildman–Crippen MR) is 76.6 cm³/mol. The summed E-state index contributed by atoms with van der Waals surface area (Å²) in [5.74, 6) is 0. The van der Waals surface area contributed by atoms with Crippen molar-refractivity contribution in [3.8, 4) is 0 Å². The number of rotatable bonds is 6. The average Bonchev–Trinajstić information content (AvgIpc) is 2.23.